The van der Waals surface area contributed by atoms with Crippen molar-refractivity contribution in [2.45, 2.75) is 39.0 Å². The van der Waals surface area contributed by atoms with Gasteiger partial charge in [-0.1, -0.05) is 13.8 Å². The summed E-state index contributed by atoms with van der Waals surface area (Å²) < 4.78 is 13.6. The molecule has 5 heteroatoms. The average Bonchev–Trinajstić information content (AvgIpc) is 2.35. The lowest BCUT2D eigenvalue weighted by molar-refractivity contribution is -0.0730. The molecule has 2 rings (SSSR count). The summed E-state index contributed by atoms with van der Waals surface area (Å²) in [6, 6.07) is 3.86. The number of halogens is 1. The zero-order valence-corrected chi connectivity index (χ0v) is 11.0. The fraction of sp³-hybridized carbons (Fsp3) is 0.500. The Bertz CT molecular complexity index is 501. The molecule has 104 valence electrons. The van der Waals surface area contributed by atoms with Crippen molar-refractivity contribution in [1.82, 2.24) is 5.32 Å². The van der Waals surface area contributed by atoms with E-state index in [9.17, 15) is 14.3 Å². The maximum Gasteiger partial charge on any atom is 0.335 e. The van der Waals surface area contributed by atoms with E-state index in [-0.39, 0.29) is 29.7 Å². The molecule has 1 aliphatic rings. The van der Waals surface area contributed by atoms with Gasteiger partial charge in [-0.15, -0.1) is 0 Å². The van der Waals surface area contributed by atoms with Gasteiger partial charge in [0.25, 0.3) is 0 Å². The van der Waals surface area contributed by atoms with Gasteiger partial charge in [-0.25, -0.2) is 9.18 Å². The number of rotatable bonds is 4. The van der Waals surface area contributed by atoms with E-state index < -0.39 is 11.8 Å². The van der Waals surface area contributed by atoms with Gasteiger partial charge in [0.15, 0.2) is 0 Å². The van der Waals surface area contributed by atoms with Crippen LogP contribution in [0, 0.1) is 11.2 Å². The molecule has 0 amide bonds. The Balaban J connectivity index is 2.04. The van der Waals surface area contributed by atoms with Crippen LogP contribution in [0.5, 0.6) is 0 Å². The monoisotopic (exact) mass is 267 g/mol. The first-order valence-corrected chi connectivity index (χ1v) is 6.25. The van der Waals surface area contributed by atoms with Crippen molar-refractivity contribution in [2.24, 2.45) is 5.41 Å². The molecule has 1 saturated carbocycles. The Hall–Kier alpha value is -1.46. The Morgan fingerprint density at radius 3 is 2.74 bits per heavy atom. The minimum atomic E-state index is -1.07. The second kappa shape index (κ2) is 4.90. The van der Waals surface area contributed by atoms with E-state index in [4.69, 9.17) is 5.11 Å². The van der Waals surface area contributed by atoms with Crippen LogP contribution in [0.15, 0.2) is 18.2 Å². The second-order valence-electron chi connectivity index (χ2n) is 5.62. The standard InChI is InChI=1S/C14H18FNO3/c1-14(2)11(6-12(14)17)16-7-9-5-8(13(18)19)3-4-10(9)15/h3-5,11-12,16-17H,6-7H2,1-2H3,(H,18,19). The van der Waals surface area contributed by atoms with Crippen molar-refractivity contribution in [3.8, 4) is 0 Å². The lowest BCUT2D eigenvalue weighted by Crippen LogP contribution is -2.59. The fourth-order valence-electron chi connectivity index (χ4n) is 2.33. The predicted molar refractivity (Wildman–Crippen MR) is 68.4 cm³/mol. The van der Waals surface area contributed by atoms with Crippen molar-refractivity contribution >= 4 is 5.97 Å². The van der Waals surface area contributed by atoms with Crippen LogP contribution in [0.1, 0.15) is 36.2 Å². The van der Waals surface area contributed by atoms with Crippen LogP contribution >= 0.6 is 0 Å². The minimum absolute atomic E-state index is 0.0751. The van der Waals surface area contributed by atoms with Crippen molar-refractivity contribution in [3.05, 3.63) is 35.1 Å². The molecule has 0 spiro atoms. The number of hydrogen-bond donors (Lipinski definition) is 3. The van der Waals surface area contributed by atoms with Gasteiger partial charge in [0.2, 0.25) is 0 Å². The van der Waals surface area contributed by atoms with Crippen molar-refractivity contribution in [2.75, 3.05) is 0 Å². The zero-order chi connectivity index (χ0) is 14.2. The lowest BCUT2D eigenvalue weighted by atomic mass is 9.64. The number of aliphatic hydroxyl groups excluding tert-OH is 1. The number of carboxylic acid groups (broad SMARTS) is 1. The molecule has 0 radical (unpaired) electrons. The summed E-state index contributed by atoms with van der Waals surface area (Å²) >= 11 is 0. The van der Waals surface area contributed by atoms with Gasteiger partial charge in [0.1, 0.15) is 5.82 Å². The third-order valence-corrected chi connectivity index (χ3v) is 4.05. The molecule has 0 saturated heterocycles. The molecule has 4 nitrogen and oxygen atoms in total. The second-order valence-corrected chi connectivity index (χ2v) is 5.62. The quantitative estimate of drug-likeness (QED) is 0.777. The van der Waals surface area contributed by atoms with E-state index in [1.165, 1.54) is 18.2 Å². The van der Waals surface area contributed by atoms with E-state index in [1.54, 1.807) is 0 Å². The highest BCUT2D eigenvalue weighted by Crippen LogP contribution is 2.40. The van der Waals surface area contributed by atoms with Crippen molar-refractivity contribution in [1.29, 1.82) is 0 Å². The number of benzene rings is 1. The van der Waals surface area contributed by atoms with Crippen LogP contribution in [0.25, 0.3) is 0 Å². The third kappa shape index (κ3) is 2.62. The summed E-state index contributed by atoms with van der Waals surface area (Å²) in [6.07, 6.45) is 0.285. The fourth-order valence-corrected chi connectivity index (χ4v) is 2.33. The van der Waals surface area contributed by atoms with E-state index in [2.05, 4.69) is 5.32 Å². The Morgan fingerprint density at radius 1 is 1.53 bits per heavy atom. The maximum absolute atomic E-state index is 13.6. The molecule has 0 bridgehead atoms. The summed E-state index contributed by atoms with van der Waals surface area (Å²) in [7, 11) is 0. The smallest absolute Gasteiger partial charge is 0.335 e. The third-order valence-electron chi connectivity index (χ3n) is 4.05. The van der Waals surface area contributed by atoms with Crippen LogP contribution in [-0.2, 0) is 6.54 Å². The summed E-state index contributed by atoms with van der Waals surface area (Å²) in [5.41, 5.74) is 0.171. The number of carboxylic acids is 1. The molecule has 0 heterocycles. The van der Waals surface area contributed by atoms with Gasteiger partial charge in [-0.3, -0.25) is 0 Å². The maximum atomic E-state index is 13.6. The molecular formula is C14H18FNO3. The van der Waals surface area contributed by atoms with Crippen LogP contribution in [-0.4, -0.2) is 28.3 Å². The molecule has 1 aromatic rings. The minimum Gasteiger partial charge on any atom is -0.478 e. The Kier molecular flexibility index (Phi) is 3.60. The van der Waals surface area contributed by atoms with Gasteiger partial charge in [0, 0.05) is 23.6 Å². The zero-order valence-electron chi connectivity index (χ0n) is 11.0. The van der Waals surface area contributed by atoms with Gasteiger partial charge >= 0.3 is 5.97 Å². The summed E-state index contributed by atoms with van der Waals surface area (Å²) in [5.74, 6) is -1.49. The van der Waals surface area contributed by atoms with Gasteiger partial charge < -0.3 is 15.5 Å². The summed E-state index contributed by atoms with van der Waals surface area (Å²) in [6.45, 7) is 4.15. The van der Waals surface area contributed by atoms with E-state index >= 15 is 0 Å². The molecule has 1 aliphatic carbocycles. The first-order chi connectivity index (χ1) is 8.82. The highest BCUT2D eigenvalue weighted by atomic mass is 19.1. The molecule has 1 aromatic carbocycles. The molecule has 2 atom stereocenters. The van der Waals surface area contributed by atoms with Crippen LogP contribution in [0.3, 0.4) is 0 Å². The molecule has 3 N–H and O–H groups in total. The van der Waals surface area contributed by atoms with E-state index in [0.717, 1.165) is 0 Å². The molecule has 0 aromatic heterocycles. The molecule has 2 unspecified atom stereocenters. The summed E-state index contributed by atoms with van der Waals surface area (Å²) in [5, 5.41) is 21.7. The van der Waals surface area contributed by atoms with Crippen molar-refractivity contribution < 1.29 is 19.4 Å². The van der Waals surface area contributed by atoms with Gasteiger partial charge in [-0.2, -0.15) is 0 Å². The Labute approximate surface area is 111 Å². The summed E-state index contributed by atoms with van der Waals surface area (Å²) in [4.78, 5) is 10.8. The number of hydrogen-bond acceptors (Lipinski definition) is 3. The van der Waals surface area contributed by atoms with Gasteiger partial charge in [-0.05, 0) is 24.6 Å². The molecular weight excluding hydrogens is 249 g/mol. The van der Waals surface area contributed by atoms with Crippen LogP contribution in [0.4, 0.5) is 4.39 Å². The number of aromatic carboxylic acids is 1. The predicted octanol–water partition coefficient (Wildman–Crippen LogP) is 1.77. The van der Waals surface area contributed by atoms with E-state index in [1.807, 2.05) is 13.8 Å². The van der Waals surface area contributed by atoms with Crippen LogP contribution < -0.4 is 5.32 Å². The lowest BCUT2D eigenvalue weighted by Gasteiger charge is -2.49. The van der Waals surface area contributed by atoms with Crippen LogP contribution in [0.2, 0.25) is 0 Å². The van der Waals surface area contributed by atoms with E-state index in [0.29, 0.717) is 12.0 Å². The average molecular weight is 267 g/mol. The number of nitrogens with one attached hydrogen (secondary N) is 1. The first-order valence-electron chi connectivity index (χ1n) is 6.25. The SMILES string of the molecule is CC1(C)C(O)CC1NCc1cc(C(=O)O)ccc1F. The largest absolute Gasteiger partial charge is 0.478 e. The highest BCUT2D eigenvalue weighted by molar-refractivity contribution is 5.87. The Morgan fingerprint density at radius 2 is 2.21 bits per heavy atom. The number of carbonyl (C=O) groups is 1. The van der Waals surface area contributed by atoms with Gasteiger partial charge in [0.05, 0.1) is 11.7 Å². The molecule has 19 heavy (non-hydrogen) atoms. The topological polar surface area (TPSA) is 69.6 Å². The number of aliphatic hydroxyl groups is 1. The molecule has 1 fully saturated rings. The molecule has 0 aliphatic heterocycles. The normalized spacial score (nSPS) is 24.8. The highest BCUT2D eigenvalue weighted by Gasteiger charge is 2.46. The van der Waals surface area contributed by atoms with Crippen molar-refractivity contribution in [3.63, 3.8) is 0 Å². The first kappa shape index (κ1) is 14.0.